The van der Waals surface area contributed by atoms with Crippen LogP contribution in [0.15, 0.2) is 57.8 Å². The minimum atomic E-state index is -3.77. The largest absolute Gasteiger partial charge is 0.452 e. The number of para-hydroxylation sites is 1. The summed E-state index contributed by atoms with van der Waals surface area (Å²) in [4.78, 5) is 25.0. The minimum Gasteiger partial charge on any atom is -0.452 e. The van der Waals surface area contributed by atoms with Crippen molar-refractivity contribution in [3.63, 3.8) is 0 Å². The lowest BCUT2D eigenvalue weighted by molar-refractivity contribution is -0.119. The van der Waals surface area contributed by atoms with Crippen molar-refractivity contribution in [1.82, 2.24) is 4.31 Å². The normalized spacial score (nSPS) is 18.7. The Morgan fingerprint density at radius 1 is 1.14 bits per heavy atom. The van der Waals surface area contributed by atoms with Gasteiger partial charge in [0.05, 0.1) is 10.5 Å². The van der Waals surface area contributed by atoms with Crippen LogP contribution in [0, 0.1) is 23.2 Å². The summed E-state index contributed by atoms with van der Waals surface area (Å²) in [5, 5.41) is 12.4. The van der Waals surface area contributed by atoms with Crippen LogP contribution in [-0.2, 0) is 19.6 Å². The highest BCUT2D eigenvalue weighted by atomic mass is 32.2. The van der Waals surface area contributed by atoms with Gasteiger partial charge in [-0.2, -0.15) is 9.57 Å². The van der Waals surface area contributed by atoms with Crippen molar-refractivity contribution in [2.45, 2.75) is 25.2 Å². The number of fused-ring (bicyclic) bond motifs is 1. The van der Waals surface area contributed by atoms with Crippen molar-refractivity contribution in [2.24, 2.45) is 11.8 Å². The second-order valence-corrected chi connectivity index (χ2v) is 10.8. The van der Waals surface area contributed by atoms with Gasteiger partial charge in [0.15, 0.2) is 6.61 Å². The fourth-order valence-electron chi connectivity index (χ4n) is 4.37. The number of nitrogens with zero attached hydrogens (tertiary/aromatic N) is 2. The topological polar surface area (TPSA) is 130 Å². The maximum atomic E-state index is 13.1. The molecule has 0 saturated carbocycles. The summed E-state index contributed by atoms with van der Waals surface area (Å²) >= 11 is 0. The highest BCUT2D eigenvalue weighted by molar-refractivity contribution is 7.89. The van der Waals surface area contributed by atoms with Crippen molar-refractivity contribution in [1.29, 1.82) is 5.26 Å². The van der Waals surface area contributed by atoms with E-state index in [1.165, 1.54) is 28.6 Å². The zero-order chi connectivity index (χ0) is 25.2. The lowest BCUT2D eigenvalue weighted by Gasteiger charge is -2.34. The number of amides is 1. The van der Waals surface area contributed by atoms with Gasteiger partial charge in [-0.3, -0.25) is 4.79 Å². The van der Waals surface area contributed by atoms with Gasteiger partial charge in [0.1, 0.15) is 17.3 Å². The van der Waals surface area contributed by atoms with Crippen LogP contribution in [0.3, 0.4) is 0 Å². The van der Waals surface area contributed by atoms with Crippen molar-refractivity contribution in [2.75, 3.05) is 25.0 Å². The molecule has 10 heteroatoms. The number of hydrogen-bond donors (Lipinski definition) is 1. The summed E-state index contributed by atoms with van der Waals surface area (Å²) in [6.07, 6.45) is 0.963. The van der Waals surface area contributed by atoms with Gasteiger partial charge in [0.2, 0.25) is 15.8 Å². The first-order valence-corrected chi connectivity index (χ1v) is 12.6. The first-order chi connectivity index (χ1) is 16.7. The van der Waals surface area contributed by atoms with Gasteiger partial charge in [0, 0.05) is 18.5 Å². The Labute approximate surface area is 203 Å². The van der Waals surface area contributed by atoms with Gasteiger partial charge in [-0.15, -0.1) is 0 Å². The molecule has 0 spiro atoms. The van der Waals surface area contributed by atoms with Gasteiger partial charge in [-0.25, -0.2) is 13.2 Å². The third-order valence-electron chi connectivity index (χ3n) is 5.84. The second-order valence-electron chi connectivity index (χ2n) is 8.83. The average Bonchev–Trinajstić information content (AvgIpc) is 3.19. The first kappa shape index (κ1) is 24.4. The van der Waals surface area contributed by atoms with E-state index in [0.717, 1.165) is 6.42 Å². The van der Waals surface area contributed by atoms with Gasteiger partial charge in [-0.1, -0.05) is 32.0 Å². The molecule has 2 aromatic carbocycles. The van der Waals surface area contributed by atoms with E-state index in [9.17, 15) is 23.3 Å². The smallest absolute Gasteiger partial charge is 0.338 e. The zero-order valence-electron chi connectivity index (χ0n) is 19.4. The van der Waals surface area contributed by atoms with Crippen molar-refractivity contribution < 1.29 is 27.2 Å². The number of carbonyl (C=O) groups is 2. The van der Waals surface area contributed by atoms with Crippen LogP contribution in [0.4, 0.5) is 5.69 Å². The SMILES string of the molecule is CC1CC(C)CN(S(=O)(=O)c2cccc(C(=O)OCC(=O)Nc3c(C#N)oc4ccccc34)c2)C1. The Balaban J connectivity index is 1.44. The van der Waals surface area contributed by atoms with Gasteiger partial charge in [0.25, 0.3) is 5.91 Å². The number of hydrogen-bond acceptors (Lipinski definition) is 7. The Morgan fingerprint density at radius 3 is 2.57 bits per heavy atom. The second kappa shape index (κ2) is 9.90. The predicted molar refractivity (Wildman–Crippen MR) is 128 cm³/mol. The van der Waals surface area contributed by atoms with E-state index in [1.807, 2.05) is 19.9 Å². The minimum absolute atomic E-state index is 0.00114. The molecule has 1 saturated heterocycles. The Hall–Kier alpha value is -3.68. The number of furan rings is 1. The number of rotatable bonds is 6. The quantitative estimate of drug-likeness (QED) is 0.515. The monoisotopic (exact) mass is 495 g/mol. The van der Waals surface area contributed by atoms with E-state index in [0.29, 0.717) is 24.1 Å². The fraction of sp³-hybridized carbons (Fsp3) is 0.320. The van der Waals surface area contributed by atoms with Crippen LogP contribution in [0.2, 0.25) is 0 Å². The maximum Gasteiger partial charge on any atom is 0.338 e. The van der Waals surface area contributed by atoms with E-state index in [1.54, 1.807) is 24.3 Å². The lowest BCUT2D eigenvalue weighted by Crippen LogP contribution is -2.42. The van der Waals surface area contributed by atoms with E-state index < -0.39 is 28.5 Å². The lowest BCUT2D eigenvalue weighted by atomic mass is 9.94. The molecule has 1 N–H and O–H groups in total. The molecule has 1 aliphatic heterocycles. The Morgan fingerprint density at radius 2 is 1.86 bits per heavy atom. The molecule has 2 atom stereocenters. The number of piperidine rings is 1. The predicted octanol–water partition coefficient (Wildman–Crippen LogP) is 3.77. The van der Waals surface area contributed by atoms with Crippen molar-refractivity contribution in [3.8, 4) is 6.07 Å². The van der Waals surface area contributed by atoms with Crippen LogP contribution in [-0.4, -0.2) is 44.3 Å². The molecule has 4 rings (SSSR count). The molecule has 0 bridgehead atoms. The zero-order valence-corrected chi connectivity index (χ0v) is 20.2. The molecule has 2 heterocycles. The molecule has 0 radical (unpaired) electrons. The van der Waals surface area contributed by atoms with E-state index >= 15 is 0 Å². The number of ether oxygens (including phenoxy) is 1. The number of carbonyl (C=O) groups excluding carboxylic acids is 2. The average molecular weight is 496 g/mol. The number of sulfonamides is 1. The number of benzene rings is 2. The molecule has 1 aromatic heterocycles. The molecule has 0 aliphatic carbocycles. The third kappa shape index (κ3) is 5.21. The summed E-state index contributed by atoms with van der Waals surface area (Å²) in [6, 6.07) is 14.3. The van der Waals surface area contributed by atoms with Gasteiger partial charge >= 0.3 is 5.97 Å². The van der Waals surface area contributed by atoms with Crippen LogP contribution >= 0.6 is 0 Å². The maximum absolute atomic E-state index is 13.1. The van der Waals surface area contributed by atoms with E-state index in [-0.39, 0.29) is 33.7 Å². The van der Waals surface area contributed by atoms with E-state index in [4.69, 9.17) is 9.15 Å². The molecule has 182 valence electrons. The number of anilines is 1. The molecule has 1 amide bonds. The third-order valence-corrected chi connectivity index (χ3v) is 7.67. The van der Waals surface area contributed by atoms with Gasteiger partial charge < -0.3 is 14.5 Å². The molecule has 9 nitrogen and oxygen atoms in total. The van der Waals surface area contributed by atoms with Crippen LogP contribution in [0.1, 0.15) is 36.4 Å². The Kier molecular flexibility index (Phi) is 6.91. The molecule has 2 unspecified atom stereocenters. The summed E-state index contributed by atoms with van der Waals surface area (Å²) in [5.74, 6) is -1.08. The number of nitrogens with one attached hydrogen (secondary N) is 1. The molecule has 3 aromatic rings. The molecular weight excluding hydrogens is 470 g/mol. The first-order valence-electron chi connectivity index (χ1n) is 11.2. The highest BCUT2D eigenvalue weighted by Gasteiger charge is 2.32. The summed E-state index contributed by atoms with van der Waals surface area (Å²) in [6.45, 7) is 4.26. The van der Waals surface area contributed by atoms with Gasteiger partial charge in [-0.05, 0) is 48.6 Å². The van der Waals surface area contributed by atoms with Crippen molar-refractivity contribution >= 4 is 38.6 Å². The molecular formula is C25H25N3O6S. The fourth-order valence-corrected chi connectivity index (χ4v) is 6.10. The molecule has 35 heavy (non-hydrogen) atoms. The van der Waals surface area contributed by atoms with Crippen LogP contribution in [0.25, 0.3) is 11.0 Å². The number of nitriles is 1. The summed E-state index contributed by atoms with van der Waals surface area (Å²) in [5.41, 5.74) is 0.651. The molecule has 1 aliphatic rings. The molecule has 1 fully saturated rings. The Bertz CT molecular complexity index is 1410. The van der Waals surface area contributed by atoms with Crippen LogP contribution in [0.5, 0.6) is 0 Å². The number of esters is 1. The van der Waals surface area contributed by atoms with E-state index in [2.05, 4.69) is 5.32 Å². The summed E-state index contributed by atoms with van der Waals surface area (Å²) < 4.78 is 38.2. The summed E-state index contributed by atoms with van der Waals surface area (Å²) in [7, 11) is -3.77. The highest BCUT2D eigenvalue weighted by Crippen LogP contribution is 2.30. The van der Waals surface area contributed by atoms with Crippen molar-refractivity contribution in [3.05, 3.63) is 59.9 Å². The van der Waals surface area contributed by atoms with Crippen LogP contribution < -0.4 is 5.32 Å². The standard InChI is InChI=1S/C25H25N3O6S/c1-16-10-17(2)14-28(13-16)35(31,32)19-7-5-6-18(11-19)25(30)33-15-23(29)27-24-20-8-3-4-9-21(20)34-22(24)12-26/h3-9,11,16-17H,10,13-15H2,1-2H3,(H,27,29).